The molecule has 0 fully saturated rings. The summed E-state index contributed by atoms with van der Waals surface area (Å²) in [5.74, 6) is 0. The van der Waals surface area contributed by atoms with E-state index in [1.54, 1.807) is 0 Å². The van der Waals surface area contributed by atoms with Crippen molar-refractivity contribution in [2.45, 2.75) is 13.8 Å². The highest BCUT2D eigenvalue weighted by Crippen LogP contribution is 1.57. The zero-order chi connectivity index (χ0) is 6.83. The van der Waals surface area contributed by atoms with Crippen molar-refractivity contribution in [3.05, 3.63) is 24.8 Å². The van der Waals surface area contributed by atoms with Crippen molar-refractivity contribution in [3.63, 3.8) is 0 Å². The summed E-state index contributed by atoms with van der Waals surface area (Å²) in [4.78, 5) is 0. The van der Waals surface area contributed by atoms with Crippen LogP contribution in [-0.4, -0.2) is 11.7 Å². The van der Waals surface area contributed by atoms with Crippen LogP contribution in [0.2, 0.25) is 0 Å². The van der Waals surface area contributed by atoms with E-state index in [1.165, 1.54) is 6.08 Å². The highest BCUT2D eigenvalue weighted by Gasteiger charge is 1.45. The summed E-state index contributed by atoms with van der Waals surface area (Å²) < 4.78 is 0. The number of hydrogen-bond donors (Lipinski definition) is 1. The summed E-state index contributed by atoms with van der Waals surface area (Å²) in [6.45, 7) is 7.31. The third kappa shape index (κ3) is 51.7. The molecule has 0 rings (SSSR count). The van der Waals surface area contributed by atoms with E-state index in [2.05, 4.69) is 6.58 Å². The molecule has 0 aliphatic heterocycles. The normalized spacial score (nSPS) is 7.88. The van der Waals surface area contributed by atoms with E-state index in [0.717, 1.165) is 0 Å². The topological polar surface area (TPSA) is 20.2 Å². The van der Waals surface area contributed by atoms with Crippen molar-refractivity contribution in [1.29, 1.82) is 0 Å². The Morgan fingerprint density at radius 2 is 1.62 bits per heavy atom. The van der Waals surface area contributed by atoms with Crippen molar-refractivity contribution >= 4 is 0 Å². The van der Waals surface area contributed by atoms with E-state index in [0.29, 0.717) is 0 Å². The van der Waals surface area contributed by atoms with Gasteiger partial charge in [0.05, 0.1) is 6.61 Å². The van der Waals surface area contributed by atoms with Gasteiger partial charge in [-0.3, -0.25) is 0 Å². The van der Waals surface area contributed by atoms with Gasteiger partial charge in [-0.1, -0.05) is 18.2 Å². The molecule has 0 aliphatic rings. The average molecular weight is 114 g/mol. The second kappa shape index (κ2) is 16.1. The first-order chi connectivity index (χ1) is 3.83. The number of rotatable bonds is 1. The van der Waals surface area contributed by atoms with Crippen molar-refractivity contribution in [3.8, 4) is 0 Å². The highest BCUT2D eigenvalue weighted by molar-refractivity contribution is 4.68. The number of aliphatic hydroxyl groups is 1. The van der Waals surface area contributed by atoms with Crippen LogP contribution in [0.1, 0.15) is 13.8 Å². The molecule has 0 saturated heterocycles. The molecule has 0 aromatic rings. The van der Waals surface area contributed by atoms with Gasteiger partial charge in [0.1, 0.15) is 0 Å². The molecule has 0 spiro atoms. The number of allylic oxidation sites excluding steroid dienone is 2. The summed E-state index contributed by atoms with van der Waals surface area (Å²) in [7, 11) is 0. The standard InChI is InChI=1S/C4H8.C3H6O/c1-3-4-2;1-2-3-4/h3-4H,1-2H3;2,4H,1,3H2. The van der Waals surface area contributed by atoms with Crippen molar-refractivity contribution in [1.82, 2.24) is 0 Å². The third-order valence-electron chi connectivity index (χ3n) is 0.462. The van der Waals surface area contributed by atoms with Gasteiger partial charge in [0.25, 0.3) is 0 Å². The van der Waals surface area contributed by atoms with Gasteiger partial charge in [-0.15, -0.1) is 6.58 Å². The Bertz CT molecular complexity index is 51.4. The lowest BCUT2D eigenvalue weighted by molar-refractivity contribution is 0.343. The zero-order valence-corrected chi connectivity index (χ0v) is 5.59. The molecular formula is C7H14O. The maximum atomic E-state index is 7.76. The molecular weight excluding hydrogens is 100 g/mol. The summed E-state index contributed by atoms with van der Waals surface area (Å²) >= 11 is 0. The van der Waals surface area contributed by atoms with Crippen molar-refractivity contribution in [2.24, 2.45) is 0 Å². The minimum atomic E-state index is 0.0833. The maximum absolute atomic E-state index is 7.76. The Labute approximate surface area is 51.3 Å². The zero-order valence-electron chi connectivity index (χ0n) is 5.59. The first-order valence-corrected chi connectivity index (χ1v) is 2.62. The first kappa shape index (κ1) is 10.4. The van der Waals surface area contributed by atoms with E-state index < -0.39 is 0 Å². The van der Waals surface area contributed by atoms with Crippen LogP contribution in [0.5, 0.6) is 0 Å². The van der Waals surface area contributed by atoms with Gasteiger partial charge < -0.3 is 5.11 Å². The van der Waals surface area contributed by atoms with Gasteiger partial charge in [0.15, 0.2) is 0 Å². The molecule has 48 valence electrons. The fraction of sp³-hybridized carbons (Fsp3) is 0.429. The van der Waals surface area contributed by atoms with Gasteiger partial charge >= 0.3 is 0 Å². The molecule has 0 aliphatic carbocycles. The molecule has 0 amide bonds. The van der Waals surface area contributed by atoms with Gasteiger partial charge in [0, 0.05) is 0 Å². The smallest absolute Gasteiger partial charge is 0.0609 e. The maximum Gasteiger partial charge on any atom is 0.0609 e. The quantitative estimate of drug-likeness (QED) is 0.515. The molecule has 0 saturated carbocycles. The molecule has 0 aromatic carbocycles. The van der Waals surface area contributed by atoms with Crippen molar-refractivity contribution < 1.29 is 5.11 Å². The largest absolute Gasteiger partial charge is 0.392 e. The van der Waals surface area contributed by atoms with Crippen LogP contribution in [0.4, 0.5) is 0 Å². The predicted molar refractivity (Wildman–Crippen MR) is 37.8 cm³/mol. The monoisotopic (exact) mass is 114 g/mol. The van der Waals surface area contributed by atoms with Gasteiger partial charge in [-0.05, 0) is 13.8 Å². The summed E-state index contributed by atoms with van der Waals surface area (Å²) in [5.41, 5.74) is 0. The van der Waals surface area contributed by atoms with Gasteiger partial charge in [-0.25, -0.2) is 0 Å². The van der Waals surface area contributed by atoms with Crippen LogP contribution in [0.25, 0.3) is 0 Å². The van der Waals surface area contributed by atoms with E-state index >= 15 is 0 Å². The van der Waals surface area contributed by atoms with E-state index in [1.807, 2.05) is 26.0 Å². The molecule has 0 aromatic heterocycles. The predicted octanol–water partition coefficient (Wildman–Crippen LogP) is 1.75. The fourth-order valence-corrected chi connectivity index (χ4v) is 0. The summed E-state index contributed by atoms with van der Waals surface area (Å²) in [5, 5.41) is 7.76. The second-order valence-electron chi connectivity index (χ2n) is 1.14. The SMILES string of the molecule is C=CCO.CC=CC. The molecule has 1 heteroatoms. The molecule has 0 bridgehead atoms. The average Bonchev–Trinajstić information content (AvgIpc) is 1.88. The third-order valence-corrected chi connectivity index (χ3v) is 0.462. The van der Waals surface area contributed by atoms with Crippen LogP contribution in [-0.2, 0) is 0 Å². The fourth-order valence-electron chi connectivity index (χ4n) is 0. The molecule has 0 heterocycles. The second-order valence-corrected chi connectivity index (χ2v) is 1.14. The van der Waals surface area contributed by atoms with Gasteiger partial charge in [0.2, 0.25) is 0 Å². The minimum Gasteiger partial charge on any atom is -0.392 e. The highest BCUT2D eigenvalue weighted by atomic mass is 16.2. The molecule has 0 unspecified atom stereocenters. The number of hydrogen-bond acceptors (Lipinski definition) is 1. The summed E-state index contributed by atoms with van der Waals surface area (Å²) in [6.07, 6.45) is 5.43. The lowest BCUT2D eigenvalue weighted by atomic mass is 10.6. The van der Waals surface area contributed by atoms with Crippen LogP contribution in [0.15, 0.2) is 24.8 Å². The van der Waals surface area contributed by atoms with Crippen LogP contribution in [0, 0.1) is 0 Å². The first-order valence-electron chi connectivity index (χ1n) is 2.62. The lowest BCUT2D eigenvalue weighted by Gasteiger charge is -1.60. The van der Waals surface area contributed by atoms with E-state index in [9.17, 15) is 0 Å². The van der Waals surface area contributed by atoms with Crippen molar-refractivity contribution in [2.75, 3.05) is 6.61 Å². The molecule has 1 nitrogen and oxygen atoms in total. The Hall–Kier alpha value is -0.560. The Morgan fingerprint density at radius 1 is 1.38 bits per heavy atom. The van der Waals surface area contributed by atoms with Crippen LogP contribution in [0.3, 0.4) is 0 Å². The Kier molecular flexibility index (Phi) is 21.0. The Morgan fingerprint density at radius 3 is 1.62 bits per heavy atom. The lowest BCUT2D eigenvalue weighted by Crippen LogP contribution is -1.62. The molecule has 8 heavy (non-hydrogen) atoms. The molecule has 1 N–H and O–H groups in total. The van der Waals surface area contributed by atoms with E-state index in [-0.39, 0.29) is 6.61 Å². The van der Waals surface area contributed by atoms with Crippen LogP contribution < -0.4 is 0 Å². The molecule has 0 radical (unpaired) electrons. The van der Waals surface area contributed by atoms with E-state index in [4.69, 9.17) is 5.11 Å². The van der Waals surface area contributed by atoms with Crippen LogP contribution >= 0.6 is 0 Å². The molecule has 0 atom stereocenters. The Balaban J connectivity index is 0. The summed E-state index contributed by atoms with van der Waals surface area (Å²) in [6, 6.07) is 0. The number of aliphatic hydroxyl groups excluding tert-OH is 1. The van der Waals surface area contributed by atoms with Gasteiger partial charge in [-0.2, -0.15) is 0 Å². The minimum absolute atomic E-state index is 0.0833.